The summed E-state index contributed by atoms with van der Waals surface area (Å²) in [5.74, 6) is -2.15. The maximum absolute atomic E-state index is 13.3. The molecule has 0 radical (unpaired) electrons. The van der Waals surface area contributed by atoms with Gasteiger partial charge >= 0.3 is 5.97 Å². The molecule has 0 saturated heterocycles. The van der Waals surface area contributed by atoms with Gasteiger partial charge in [0.05, 0.1) is 5.02 Å². The van der Waals surface area contributed by atoms with Gasteiger partial charge in [0.1, 0.15) is 11.5 Å². The van der Waals surface area contributed by atoms with E-state index in [0.717, 1.165) is 0 Å². The molecule has 0 unspecified atom stereocenters. The van der Waals surface area contributed by atoms with Crippen LogP contribution in [0.25, 0.3) is 11.3 Å². The van der Waals surface area contributed by atoms with Crippen molar-refractivity contribution >= 4 is 17.6 Å². The Balaban J connectivity index is 2.60. The molecule has 0 aliphatic heterocycles. The molecule has 0 saturated carbocycles. The van der Waals surface area contributed by atoms with Gasteiger partial charge in [-0.25, -0.2) is 9.18 Å². The van der Waals surface area contributed by atoms with Gasteiger partial charge < -0.3 is 9.63 Å². The van der Waals surface area contributed by atoms with E-state index in [9.17, 15) is 9.18 Å². The molecule has 0 fully saturated rings. The van der Waals surface area contributed by atoms with E-state index in [2.05, 4.69) is 9.68 Å². The maximum Gasteiger partial charge on any atom is 0.374 e. The van der Waals surface area contributed by atoms with Gasteiger partial charge in [-0.05, 0) is 18.6 Å². The number of nitrogens with zero attached hydrogens (tertiary/aromatic N) is 1. The second kappa shape index (κ2) is 4.18. The standard InChI is InChI=1S/C11H7ClFNO3/c1-5-2-3-6(13)10(12)9(5)7-4-8(11(15)16)17-14-7/h2-4H,1H3,(H,15,16). The molecule has 0 amide bonds. The molecule has 6 heteroatoms. The van der Waals surface area contributed by atoms with Gasteiger partial charge in [0.15, 0.2) is 0 Å². The molecule has 1 heterocycles. The molecule has 0 spiro atoms. The van der Waals surface area contributed by atoms with E-state index in [-0.39, 0.29) is 16.5 Å². The van der Waals surface area contributed by atoms with Crippen molar-refractivity contribution in [2.45, 2.75) is 6.92 Å². The van der Waals surface area contributed by atoms with E-state index in [0.29, 0.717) is 11.1 Å². The lowest BCUT2D eigenvalue weighted by Crippen LogP contribution is -1.92. The van der Waals surface area contributed by atoms with Crippen molar-refractivity contribution in [1.82, 2.24) is 5.16 Å². The lowest BCUT2D eigenvalue weighted by molar-refractivity contribution is 0.0652. The Hall–Kier alpha value is -1.88. The van der Waals surface area contributed by atoms with Crippen LogP contribution in [-0.2, 0) is 0 Å². The minimum absolute atomic E-state index is 0.102. The SMILES string of the molecule is Cc1ccc(F)c(Cl)c1-c1cc(C(=O)O)on1. The summed E-state index contributed by atoms with van der Waals surface area (Å²) in [5, 5.41) is 12.2. The molecule has 2 aromatic rings. The van der Waals surface area contributed by atoms with Gasteiger partial charge in [-0.1, -0.05) is 22.8 Å². The minimum Gasteiger partial charge on any atom is -0.475 e. The molecular formula is C11H7ClFNO3. The van der Waals surface area contributed by atoms with E-state index in [4.69, 9.17) is 16.7 Å². The third kappa shape index (κ3) is 2.01. The van der Waals surface area contributed by atoms with Crippen molar-refractivity contribution < 1.29 is 18.8 Å². The van der Waals surface area contributed by atoms with Crippen LogP contribution in [0.1, 0.15) is 16.1 Å². The first-order valence-electron chi connectivity index (χ1n) is 4.65. The zero-order chi connectivity index (χ0) is 12.6. The first kappa shape index (κ1) is 11.6. The largest absolute Gasteiger partial charge is 0.475 e. The molecule has 0 bridgehead atoms. The molecule has 0 atom stereocenters. The minimum atomic E-state index is -1.24. The van der Waals surface area contributed by atoms with Gasteiger partial charge in [0.2, 0.25) is 5.76 Å². The number of carbonyl (C=O) groups is 1. The predicted octanol–water partition coefficient (Wildman–Crippen LogP) is 3.14. The quantitative estimate of drug-likeness (QED) is 0.895. The second-order valence-corrected chi connectivity index (χ2v) is 3.81. The van der Waals surface area contributed by atoms with Crippen molar-refractivity contribution in [2.24, 2.45) is 0 Å². The van der Waals surface area contributed by atoms with E-state index < -0.39 is 11.8 Å². The Labute approximate surface area is 101 Å². The van der Waals surface area contributed by atoms with Gasteiger partial charge in [0, 0.05) is 11.6 Å². The van der Waals surface area contributed by atoms with Gasteiger partial charge in [-0.3, -0.25) is 0 Å². The summed E-state index contributed by atoms with van der Waals surface area (Å²) in [5.41, 5.74) is 1.22. The number of carboxylic acids is 1. The third-order valence-corrected chi connectivity index (χ3v) is 2.65. The highest BCUT2D eigenvalue weighted by molar-refractivity contribution is 6.33. The first-order chi connectivity index (χ1) is 8.00. The first-order valence-corrected chi connectivity index (χ1v) is 5.03. The Bertz CT molecular complexity index is 594. The fourth-order valence-corrected chi connectivity index (χ4v) is 1.76. The molecule has 4 nitrogen and oxygen atoms in total. The number of aryl methyl sites for hydroxylation is 1. The fraction of sp³-hybridized carbons (Fsp3) is 0.0909. The Kier molecular flexibility index (Phi) is 2.85. The van der Waals surface area contributed by atoms with Gasteiger partial charge in [-0.15, -0.1) is 0 Å². The topological polar surface area (TPSA) is 63.3 Å². The molecule has 88 valence electrons. The molecule has 2 rings (SSSR count). The van der Waals surface area contributed by atoms with Crippen molar-refractivity contribution in [3.05, 3.63) is 40.4 Å². The lowest BCUT2D eigenvalue weighted by Gasteiger charge is -2.04. The molecule has 17 heavy (non-hydrogen) atoms. The average Bonchev–Trinajstić information content (AvgIpc) is 2.73. The van der Waals surface area contributed by atoms with E-state index in [1.54, 1.807) is 6.92 Å². The molecular weight excluding hydrogens is 249 g/mol. The van der Waals surface area contributed by atoms with Crippen LogP contribution < -0.4 is 0 Å². The van der Waals surface area contributed by atoms with E-state index in [1.807, 2.05) is 0 Å². The zero-order valence-electron chi connectivity index (χ0n) is 8.70. The van der Waals surface area contributed by atoms with Crippen LogP contribution >= 0.6 is 11.6 Å². The Morgan fingerprint density at radius 3 is 2.82 bits per heavy atom. The van der Waals surface area contributed by atoms with E-state index >= 15 is 0 Å². The summed E-state index contributed by atoms with van der Waals surface area (Å²) in [6.07, 6.45) is 0. The highest BCUT2D eigenvalue weighted by atomic mass is 35.5. The van der Waals surface area contributed by atoms with Crippen molar-refractivity contribution in [3.8, 4) is 11.3 Å². The fourth-order valence-electron chi connectivity index (χ4n) is 1.46. The molecule has 1 N–H and O–H groups in total. The Morgan fingerprint density at radius 1 is 1.53 bits per heavy atom. The third-order valence-electron chi connectivity index (χ3n) is 2.28. The monoisotopic (exact) mass is 255 g/mol. The van der Waals surface area contributed by atoms with Crippen molar-refractivity contribution in [2.75, 3.05) is 0 Å². The van der Waals surface area contributed by atoms with Crippen LogP contribution in [0.4, 0.5) is 4.39 Å². The Morgan fingerprint density at radius 2 is 2.24 bits per heavy atom. The van der Waals surface area contributed by atoms with Crippen LogP contribution in [-0.4, -0.2) is 16.2 Å². The van der Waals surface area contributed by atoms with Crippen LogP contribution in [0.3, 0.4) is 0 Å². The van der Waals surface area contributed by atoms with Gasteiger partial charge in [0.25, 0.3) is 0 Å². The number of halogens is 2. The average molecular weight is 256 g/mol. The van der Waals surface area contributed by atoms with Crippen LogP contribution in [0.5, 0.6) is 0 Å². The van der Waals surface area contributed by atoms with Crippen LogP contribution in [0, 0.1) is 12.7 Å². The summed E-state index contributed by atoms with van der Waals surface area (Å²) < 4.78 is 17.9. The molecule has 1 aromatic carbocycles. The summed E-state index contributed by atoms with van der Waals surface area (Å²) in [4.78, 5) is 10.6. The lowest BCUT2D eigenvalue weighted by atomic mass is 10.1. The summed E-state index contributed by atoms with van der Waals surface area (Å²) in [7, 11) is 0. The number of benzene rings is 1. The molecule has 1 aromatic heterocycles. The number of carboxylic acid groups (broad SMARTS) is 1. The van der Waals surface area contributed by atoms with Crippen molar-refractivity contribution in [3.63, 3.8) is 0 Å². The predicted molar refractivity (Wildman–Crippen MR) is 58.6 cm³/mol. The normalized spacial score (nSPS) is 10.5. The summed E-state index contributed by atoms with van der Waals surface area (Å²) in [6.45, 7) is 1.72. The zero-order valence-corrected chi connectivity index (χ0v) is 9.45. The smallest absolute Gasteiger partial charge is 0.374 e. The number of aromatic nitrogens is 1. The van der Waals surface area contributed by atoms with Crippen LogP contribution in [0.15, 0.2) is 22.7 Å². The van der Waals surface area contributed by atoms with Crippen molar-refractivity contribution in [1.29, 1.82) is 0 Å². The summed E-state index contributed by atoms with van der Waals surface area (Å²) >= 11 is 5.82. The maximum atomic E-state index is 13.3. The van der Waals surface area contributed by atoms with Crippen LogP contribution in [0.2, 0.25) is 5.02 Å². The molecule has 0 aliphatic rings. The highest BCUT2D eigenvalue weighted by Crippen LogP contribution is 2.32. The summed E-state index contributed by atoms with van der Waals surface area (Å²) in [6, 6.07) is 3.97. The molecule has 0 aliphatic carbocycles. The number of rotatable bonds is 2. The van der Waals surface area contributed by atoms with Gasteiger partial charge in [-0.2, -0.15) is 0 Å². The number of hydrogen-bond acceptors (Lipinski definition) is 3. The van der Waals surface area contributed by atoms with E-state index in [1.165, 1.54) is 18.2 Å². The highest BCUT2D eigenvalue weighted by Gasteiger charge is 2.18. The number of aromatic carboxylic acids is 1. The second-order valence-electron chi connectivity index (χ2n) is 3.43. The number of hydrogen-bond donors (Lipinski definition) is 1.